The number of nitrogens with one attached hydrogen (secondary N) is 1. The number of hydrogen-bond acceptors (Lipinski definition) is 6. The summed E-state index contributed by atoms with van der Waals surface area (Å²) < 4.78 is 0.693. The van der Waals surface area contributed by atoms with Gasteiger partial charge >= 0.3 is 0 Å². The molecule has 0 aliphatic heterocycles. The fourth-order valence-electron chi connectivity index (χ4n) is 0.931. The number of nitrogen functional groups attached to an aromatic ring is 1. The lowest BCUT2D eigenvalue weighted by molar-refractivity contribution is 0.928. The van der Waals surface area contributed by atoms with Gasteiger partial charge in [0.2, 0.25) is 5.95 Å². The van der Waals surface area contributed by atoms with E-state index in [1.54, 1.807) is 6.20 Å². The summed E-state index contributed by atoms with van der Waals surface area (Å²) in [5, 5.41) is 1.05. The minimum atomic E-state index is -0.212. The van der Waals surface area contributed by atoms with Crippen LogP contribution < -0.4 is 11.3 Å². The van der Waals surface area contributed by atoms with Gasteiger partial charge < -0.3 is 10.7 Å². The molecular weight excluding hydrogens is 294 g/mol. The van der Waals surface area contributed by atoms with Crippen LogP contribution in [0.5, 0.6) is 0 Å². The zero-order valence-electron chi connectivity index (χ0n) is 7.85. The first-order valence-corrected chi connectivity index (χ1v) is 5.77. The fourth-order valence-corrected chi connectivity index (χ4v) is 2.10. The van der Waals surface area contributed by atoms with Gasteiger partial charge in [0.05, 0.1) is 4.47 Å². The summed E-state index contributed by atoms with van der Waals surface area (Å²) in [4.78, 5) is 25.5. The quantitative estimate of drug-likeness (QED) is 0.635. The Labute approximate surface area is 103 Å². The van der Waals surface area contributed by atoms with Crippen LogP contribution in [0.4, 0.5) is 5.95 Å². The molecule has 0 amide bonds. The van der Waals surface area contributed by atoms with Gasteiger partial charge in [-0.15, -0.1) is 0 Å². The fraction of sp³-hybridized carbons (Fsp3) is 0. The number of H-pyrrole nitrogens is 1. The summed E-state index contributed by atoms with van der Waals surface area (Å²) in [5.41, 5.74) is 5.25. The molecule has 0 unspecified atom stereocenters. The Morgan fingerprint density at radius 2 is 2.25 bits per heavy atom. The lowest BCUT2D eigenvalue weighted by atomic mass is 10.7. The van der Waals surface area contributed by atoms with Crippen LogP contribution >= 0.6 is 27.7 Å². The van der Waals surface area contributed by atoms with Crippen LogP contribution in [-0.4, -0.2) is 19.9 Å². The average molecular weight is 300 g/mol. The summed E-state index contributed by atoms with van der Waals surface area (Å²) in [6.07, 6.45) is 2.98. The highest BCUT2D eigenvalue weighted by atomic mass is 79.9. The summed E-state index contributed by atoms with van der Waals surface area (Å²) in [5.74, 6) is 0.170. The van der Waals surface area contributed by atoms with Crippen molar-refractivity contribution in [2.75, 3.05) is 5.73 Å². The number of halogens is 1. The van der Waals surface area contributed by atoms with E-state index in [1.165, 1.54) is 24.0 Å². The summed E-state index contributed by atoms with van der Waals surface area (Å²) in [6, 6.07) is 1.34. The molecule has 82 valence electrons. The van der Waals surface area contributed by atoms with Crippen molar-refractivity contribution in [3.63, 3.8) is 0 Å². The molecule has 0 aromatic carbocycles. The molecule has 2 heterocycles. The Balaban J connectivity index is 2.33. The van der Waals surface area contributed by atoms with E-state index < -0.39 is 0 Å². The SMILES string of the molecule is Nc1ncc(Br)c(Sc2nccc(=O)[nH]2)n1. The highest BCUT2D eigenvalue weighted by Crippen LogP contribution is 2.28. The maximum Gasteiger partial charge on any atom is 0.251 e. The first kappa shape index (κ1) is 11.1. The van der Waals surface area contributed by atoms with E-state index >= 15 is 0 Å². The molecule has 6 nitrogen and oxygen atoms in total. The van der Waals surface area contributed by atoms with Crippen LogP contribution in [0.15, 0.2) is 37.9 Å². The monoisotopic (exact) mass is 299 g/mol. The molecule has 0 saturated carbocycles. The Morgan fingerprint density at radius 1 is 1.44 bits per heavy atom. The van der Waals surface area contributed by atoms with Crippen molar-refractivity contribution >= 4 is 33.6 Å². The standard InChI is InChI=1S/C8H6BrN5OS/c9-4-3-12-7(10)14-6(4)16-8-11-2-1-5(15)13-8/h1-3H,(H2,10,12,14)(H,11,13,15). The molecular formula is C8H6BrN5OS. The molecule has 0 bridgehead atoms. The molecule has 0 aliphatic carbocycles. The number of rotatable bonds is 2. The normalized spacial score (nSPS) is 10.3. The topological polar surface area (TPSA) is 97.5 Å². The van der Waals surface area contributed by atoms with E-state index in [1.807, 2.05) is 0 Å². The van der Waals surface area contributed by atoms with E-state index in [2.05, 4.69) is 35.9 Å². The molecule has 8 heteroatoms. The Bertz CT molecular complexity index is 572. The van der Waals surface area contributed by atoms with Gasteiger partial charge in [-0.3, -0.25) is 4.79 Å². The summed E-state index contributed by atoms with van der Waals surface area (Å²) in [6.45, 7) is 0. The van der Waals surface area contributed by atoms with Crippen molar-refractivity contribution < 1.29 is 0 Å². The van der Waals surface area contributed by atoms with E-state index in [0.717, 1.165) is 0 Å². The number of nitrogens with zero attached hydrogens (tertiary/aromatic N) is 3. The lowest BCUT2D eigenvalue weighted by Crippen LogP contribution is -2.05. The smallest absolute Gasteiger partial charge is 0.251 e. The number of nitrogens with two attached hydrogens (primary N) is 1. The molecule has 3 N–H and O–H groups in total. The van der Waals surface area contributed by atoms with E-state index in [9.17, 15) is 4.79 Å². The Hall–Kier alpha value is -1.41. The number of aromatic amines is 1. The van der Waals surface area contributed by atoms with Gasteiger partial charge in [0.15, 0.2) is 5.16 Å². The van der Waals surface area contributed by atoms with Crippen LogP contribution in [0.3, 0.4) is 0 Å². The second-order valence-electron chi connectivity index (χ2n) is 2.72. The van der Waals surface area contributed by atoms with Crippen LogP contribution in [0.25, 0.3) is 0 Å². The van der Waals surface area contributed by atoms with Crippen LogP contribution in [0.2, 0.25) is 0 Å². The maximum atomic E-state index is 11.1. The third-order valence-electron chi connectivity index (χ3n) is 1.57. The highest BCUT2D eigenvalue weighted by Gasteiger charge is 2.07. The van der Waals surface area contributed by atoms with Gasteiger partial charge in [0.25, 0.3) is 5.56 Å². The summed E-state index contributed by atoms with van der Waals surface area (Å²) in [7, 11) is 0. The van der Waals surface area contributed by atoms with Gasteiger partial charge in [0.1, 0.15) is 5.03 Å². The summed E-state index contributed by atoms with van der Waals surface area (Å²) >= 11 is 4.48. The molecule has 0 radical (unpaired) electrons. The van der Waals surface area contributed by atoms with E-state index in [4.69, 9.17) is 5.73 Å². The third kappa shape index (κ3) is 2.58. The van der Waals surface area contributed by atoms with Crippen molar-refractivity contribution in [1.29, 1.82) is 0 Å². The predicted octanol–water partition coefficient (Wildman–Crippen LogP) is 1.06. The second kappa shape index (κ2) is 4.62. The van der Waals surface area contributed by atoms with Crippen molar-refractivity contribution in [1.82, 2.24) is 19.9 Å². The van der Waals surface area contributed by atoms with Crippen molar-refractivity contribution in [2.24, 2.45) is 0 Å². The molecule has 2 rings (SSSR count). The highest BCUT2D eigenvalue weighted by molar-refractivity contribution is 9.10. The largest absolute Gasteiger partial charge is 0.368 e. The molecule has 2 aromatic rings. The Morgan fingerprint density at radius 3 is 3.00 bits per heavy atom. The van der Waals surface area contributed by atoms with Crippen LogP contribution in [0.1, 0.15) is 0 Å². The van der Waals surface area contributed by atoms with Crippen LogP contribution in [0, 0.1) is 0 Å². The third-order valence-corrected chi connectivity index (χ3v) is 3.32. The van der Waals surface area contributed by atoms with Gasteiger partial charge in [-0.1, -0.05) is 0 Å². The second-order valence-corrected chi connectivity index (χ2v) is 4.55. The molecule has 0 fully saturated rings. The van der Waals surface area contributed by atoms with Crippen LogP contribution in [-0.2, 0) is 0 Å². The minimum Gasteiger partial charge on any atom is -0.368 e. The van der Waals surface area contributed by atoms with Gasteiger partial charge in [-0.25, -0.2) is 15.0 Å². The van der Waals surface area contributed by atoms with Crippen molar-refractivity contribution in [3.8, 4) is 0 Å². The molecule has 0 atom stereocenters. The number of anilines is 1. The average Bonchev–Trinajstić information content (AvgIpc) is 2.24. The zero-order chi connectivity index (χ0) is 11.5. The lowest BCUT2D eigenvalue weighted by Gasteiger charge is -2.02. The van der Waals surface area contributed by atoms with Gasteiger partial charge in [-0.05, 0) is 27.7 Å². The van der Waals surface area contributed by atoms with Crippen molar-refractivity contribution in [2.45, 2.75) is 10.2 Å². The first-order chi connectivity index (χ1) is 7.65. The Kier molecular flexibility index (Phi) is 3.20. The molecule has 2 aromatic heterocycles. The molecule has 0 saturated heterocycles. The van der Waals surface area contributed by atoms with Crippen molar-refractivity contribution in [3.05, 3.63) is 33.3 Å². The number of aromatic nitrogens is 4. The van der Waals surface area contributed by atoms with Gasteiger partial charge in [-0.2, -0.15) is 0 Å². The van der Waals surface area contributed by atoms with Gasteiger partial charge in [0, 0.05) is 18.5 Å². The van der Waals surface area contributed by atoms with E-state index in [-0.39, 0.29) is 11.5 Å². The maximum absolute atomic E-state index is 11.1. The molecule has 16 heavy (non-hydrogen) atoms. The minimum absolute atomic E-state index is 0.170. The predicted molar refractivity (Wildman–Crippen MR) is 63.1 cm³/mol. The first-order valence-electron chi connectivity index (χ1n) is 4.16. The molecule has 0 aliphatic rings. The zero-order valence-corrected chi connectivity index (χ0v) is 10.2. The number of hydrogen-bond donors (Lipinski definition) is 2. The molecule has 0 spiro atoms. The van der Waals surface area contributed by atoms with E-state index in [0.29, 0.717) is 14.7 Å².